The van der Waals surface area contributed by atoms with Crippen LogP contribution in [-0.4, -0.2) is 9.55 Å². The molecule has 4 aromatic carbocycles. The molecular weight excluding hydrogens is 784 g/mol. The average molecular weight is 827 g/mol. The molecule has 1 aliphatic heterocycles. The summed E-state index contributed by atoms with van der Waals surface area (Å²) < 4.78 is 8.70. The first-order chi connectivity index (χ1) is 22.8. The minimum absolute atomic E-state index is 0. The van der Waals surface area contributed by atoms with E-state index in [4.69, 9.17) is 9.72 Å². The van der Waals surface area contributed by atoms with E-state index in [0.29, 0.717) is 11.5 Å². The molecule has 6 aromatic rings. The van der Waals surface area contributed by atoms with Crippen LogP contribution < -0.4 is 14.5 Å². The number of aryl methyl sites for hydroxylation is 1. The van der Waals surface area contributed by atoms with Crippen molar-refractivity contribution >= 4 is 33.2 Å². The molecule has 0 amide bonds. The monoisotopic (exact) mass is 826 g/mol. The number of aromatic nitrogens is 2. The zero-order valence-electron chi connectivity index (χ0n) is 29.8. The van der Waals surface area contributed by atoms with Crippen LogP contribution in [-0.2, 0) is 26.5 Å². The van der Waals surface area contributed by atoms with Gasteiger partial charge in [0.1, 0.15) is 5.82 Å². The Labute approximate surface area is 305 Å². The third-order valence-electron chi connectivity index (χ3n) is 9.47. The molecule has 0 spiro atoms. The van der Waals surface area contributed by atoms with Crippen LogP contribution in [0, 0.1) is 45.0 Å². The average Bonchev–Trinajstić information content (AvgIpc) is 3.64. The second-order valence-corrected chi connectivity index (χ2v) is 14.9. The summed E-state index contributed by atoms with van der Waals surface area (Å²) in [7, 11) is 0. The van der Waals surface area contributed by atoms with Gasteiger partial charge in [0.15, 0.2) is 0 Å². The van der Waals surface area contributed by atoms with Crippen LogP contribution in [0.3, 0.4) is 0 Å². The van der Waals surface area contributed by atoms with Crippen molar-refractivity contribution < 1.29 is 25.8 Å². The number of para-hydroxylation sites is 1. The largest absolute Gasteiger partial charge is 0.509 e. The van der Waals surface area contributed by atoms with Crippen molar-refractivity contribution in [2.24, 2.45) is 5.41 Å². The van der Waals surface area contributed by atoms with Crippen molar-refractivity contribution in [1.29, 1.82) is 0 Å². The van der Waals surface area contributed by atoms with Gasteiger partial charge < -0.3 is 19.1 Å². The number of nitrogens with zero attached hydrogens (tertiary/aromatic N) is 4. The predicted molar refractivity (Wildman–Crippen MR) is 199 cm³/mol. The van der Waals surface area contributed by atoms with Crippen LogP contribution in [0.4, 0.5) is 11.4 Å². The number of benzene rings is 4. The molecule has 1 aliphatic rings. The summed E-state index contributed by atoms with van der Waals surface area (Å²) in [6, 6.07) is 34.4. The normalized spacial score (nSPS) is 13.6. The van der Waals surface area contributed by atoms with E-state index in [0.717, 1.165) is 33.3 Å². The summed E-state index contributed by atoms with van der Waals surface area (Å²) in [5.74, 6) is 2.11. The van der Waals surface area contributed by atoms with Gasteiger partial charge in [0.05, 0.1) is 0 Å². The number of pyridine rings is 1. The van der Waals surface area contributed by atoms with E-state index in [2.05, 4.69) is 162 Å². The maximum atomic E-state index is 6.51. The van der Waals surface area contributed by atoms with Gasteiger partial charge >= 0.3 is 0 Å². The van der Waals surface area contributed by atoms with Crippen molar-refractivity contribution in [3.8, 4) is 17.3 Å². The maximum Gasteiger partial charge on any atom is 0.135 e. The summed E-state index contributed by atoms with van der Waals surface area (Å²) >= 11 is 0. The van der Waals surface area contributed by atoms with Gasteiger partial charge in [-0.05, 0) is 84.3 Å². The van der Waals surface area contributed by atoms with E-state index in [9.17, 15) is 0 Å². The maximum absolute atomic E-state index is 6.51. The molecule has 0 atom stereocenters. The zero-order valence-corrected chi connectivity index (χ0v) is 32.0. The topological polar surface area (TPSA) is 33.5 Å². The van der Waals surface area contributed by atoms with Crippen molar-refractivity contribution in [3.05, 3.63) is 138 Å². The standard InChI is InChI=1S/C43H43N4O.Pt/c1-28-17-20-37(30(3)29(28)2)45-26-40(43(7,8)9)46(27-45)32-13-12-14-33(24-32)48-34-18-19-36-35-15-10-11-16-38(35)47(39(36)25-34)41-23-31(21-22-44-41)42(4,5)6;/h10-23,26-27H,1-9H3;/q-3;. The Morgan fingerprint density at radius 2 is 1.49 bits per heavy atom. The number of hydrogen-bond donors (Lipinski definition) is 0. The summed E-state index contributed by atoms with van der Waals surface area (Å²) in [6.45, 7) is 22.1. The van der Waals surface area contributed by atoms with Crippen LogP contribution in [0.25, 0.3) is 27.6 Å². The Kier molecular flexibility index (Phi) is 9.05. The molecule has 49 heavy (non-hydrogen) atoms. The first kappa shape index (κ1) is 34.5. The van der Waals surface area contributed by atoms with Crippen LogP contribution in [0.5, 0.6) is 11.5 Å². The van der Waals surface area contributed by atoms with E-state index in [1.165, 1.54) is 33.6 Å². The number of anilines is 2. The molecule has 2 aromatic heterocycles. The predicted octanol–water partition coefficient (Wildman–Crippen LogP) is 11.1. The van der Waals surface area contributed by atoms with E-state index in [-0.39, 0.29) is 31.9 Å². The number of ether oxygens (including phenoxy) is 1. The molecule has 254 valence electrons. The van der Waals surface area contributed by atoms with Crippen molar-refractivity contribution in [2.75, 3.05) is 9.80 Å². The molecule has 0 fully saturated rings. The summed E-state index contributed by atoms with van der Waals surface area (Å²) in [5.41, 5.74) is 10.3. The molecule has 0 saturated carbocycles. The van der Waals surface area contributed by atoms with Gasteiger partial charge in [0.2, 0.25) is 0 Å². The third kappa shape index (κ3) is 6.42. The fraction of sp³-hybridized carbons (Fsp3) is 0.256. The number of hydrogen-bond acceptors (Lipinski definition) is 4. The summed E-state index contributed by atoms with van der Waals surface area (Å²) in [6.07, 6.45) is 4.14. The SMILES string of the molecule is Cc1ccc(N2C=C(C(C)(C)C)N(c3[c-]c(Oc4[c-]c5c(cc4)c4ccccc4n5-c4cc(C(C)(C)C)ccn4)ccc3)[CH-]2)c(C)c1C.[Pt]. The van der Waals surface area contributed by atoms with Gasteiger partial charge in [-0.15, -0.1) is 48.1 Å². The van der Waals surface area contributed by atoms with E-state index < -0.39 is 0 Å². The molecule has 0 unspecified atom stereocenters. The van der Waals surface area contributed by atoms with Gasteiger partial charge in [-0.1, -0.05) is 71.3 Å². The van der Waals surface area contributed by atoms with Crippen molar-refractivity contribution in [3.63, 3.8) is 0 Å². The Morgan fingerprint density at radius 3 is 2.24 bits per heavy atom. The third-order valence-corrected chi connectivity index (χ3v) is 9.47. The Morgan fingerprint density at radius 1 is 0.735 bits per heavy atom. The molecule has 0 saturated heterocycles. The first-order valence-electron chi connectivity index (χ1n) is 16.6. The number of fused-ring (bicyclic) bond motifs is 3. The molecule has 6 heteroatoms. The van der Waals surface area contributed by atoms with Gasteiger partial charge in [0.25, 0.3) is 0 Å². The van der Waals surface area contributed by atoms with Gasteiger partial charge in [-0.25, -0.2) is 4.98 Å². The van der Waals surface area contributed by atoms with Crippen molar-refractivity contribution in [2.45, 2.75) is 67.7 Å². The second kappa shape index (κ2) is 12.8. The molecular formula is C43H43N4OPt-3. The number of rotatable bonds is 5. The van der Waals surface area contributed by atoms with Crippen LogP contribution in [0.2, 0.25) is 0 Å². The minimum atomic E-state index is -0.103. The van der Waals surface area contributed by atoms with Gasteiger partial charge in [-0.3, -0.25) is 0 Å². The zero-order chi connectivity index (χ0) is 34.0. The minimum Gasteiger partial charge on any atom is -0.509 e. The molecule has 0 N–H and O–H groups in total. The van der Waals surface area contributed by atoms with Crippen LogP contribution in [0.1, 0.15) is 63.8 Å². The molecule has 7 rings (SSSR count). The Hall–Kier alpha value is -4.34. The Balaban J connectivity index is 0.00000417. The van der Waals surface area contributed by atoms with Gasteiger partial charge in [0, 0.05) is 61.1 Å². The first-order valence-corrected chi connectivity index (χ1v) is 16.6. The Bertz CT molecular complexity index is 2220. The van der Waals surface area contributed by atoms with E-state index in [1.807, 2.05) is 24.4 Å². The quantitative estimate of drug-likeness (QED) is 0.162. The smallest absolute Gasteiger partial charge is 0.135 e. The fourth-order valence-corrected chi connectivity index (χ4v) is 6.45. The van der Waals surface area contributed by atoms with Crippen molar-refractivity contribution in [1.82, 2.24) is 9.55 Å². The van der Waals surface area contributed by atoms with Crippen LogP contribution in [0.15, 0.2) is 97.0 Å². The van der Waals surface area contributed by atoms with Gasteiger partial charge in [-0.2, -0.15) is 12.1 Å². The molecule has 5 nitrogen and oxygen atoms in total. The fourth-order valence-electron chi connectivity index (χ4n) is 6.45. The second-order valence-electron chi connectivity index (χ2n) is 14.9. The van der Waals surface area contributed by atoms with Crippen LogP contribution >= 0.6 is 0 Å². The summed E-state index contributed by atoms with van der Waals surface area (Å²) in [4.78, 5) is 9.26. The molecule has 3 heterocycles. The summed E-state index contributed by atoms with van der Waals surface area (Å²) in [5, 5.41) is 2.26. The van der Waals surface area contributed by atoms with E-state index >= 15 is 0 Å². The molecule has 0 bridgehead atoms. The van der Waals surface area contributed by atoms with E-state index in [1.54, 1.807) is 0 Å². The number of allylic oxidation sites excluding steroid dienone is 1. The molecule has 0 aliphatic carbocycles. The molecule has 0 radical (unpaired) electrons.